The predicted octanol–water partition coefficient (Wildman–Crippen LogP) is 3.29. The van der Waals surface area contributed by atoms with Gasteiger partial charge in [0.05, 0.1) is 0 Å². The second kappa shape index (κ2) is 6.80. The number of fused-ring (bicyclic) bond motifs is 1. The molecule has 0 unspecified atom stereocenters. The highest BCUT2D eigenvalue weighted by molar-refractivity contribution is 6.03. The molecule has 1 aliphatic carbocycles. The Morgan fingerprint density at radius 3 is 2.64 bits per heavy atom. The molecule has 0 atom stereocenters. The van der Waals surface area contributed by atoms with Crippen LogP contribution >= 0.6 is 0 Å². The highest BCUT2D eigenvalue weighted by atomic mass is 19.3. The fourth-order valence-corrected chi connectivity index (χ4v) is 3.55. The quantitative estimate of drug-likeness (QED) is 0.847. The van der Waals surface area contributed by atoms with E-state index in [2.05, 4.69) is 22.3 Å². The lowest BCUT2D eigenvalue weighted by atomic mass is 10.0. The number of carbonyl (C=O) groups excluding carboxylic acids is 1. The zero-order valence-electron chi connectivity index (χ0n) is 14.0. The van der Waals surface area contributed by atoms with Gasteiger partial charge < -0.3 is 4.98 Å². The average molecular weight is 350 g/mol. The molecule has 0 saturated heterocycles. The van der Waals surface area contributed by atoms with Crippen LogP contribution in [0.2, 0.25) is 0 Å². The molecule has 8 heteroatoms. The SMILES string of the molecule is C=C=C1c2nc(C(F)F)[nH]c(=O)c2N(CCC2CCCC2)C(=O)N1C. The van der Waals surface area contributed by atoms with Crippen LogP contribution in [0.1, 0.15) is 50.0 Å². The zero-order valence-corrected chi connectivity index (χ0v) is 14.0. The van der Waals surface area contributed by atoms with Crippen LogP contribution in [0, 0.1) is 5.92 Å². The number of nitrogens with zero attached hydrogens (tertiary/aromatic N) is 3. The second-order valence-corrected chi connectivity index (χ2v) is 6.41. The highest BCUT2D eigenvalue weighted by Gasteiger charge is 2.36. The van der Waals surface area contributed by atoms with Crippen molar-refractivity contribution in [3.63, 3.8) is 0 Å². The van der Waals surface area contributed by atoms with E-state index in [-0.39, 0.29) is 17.1 Å². The molecular formula is C17H20F2N4O2. The van der Waals surface area contributed by atoms with Crippen molar-refractivity contribution in [1.29, 1.82) is 0 Å². The van der Waals surface area contributed by atoms with E-state index >= 15 is 0 Å². The summed E-state index contributed by atoms with van der Waals surface area (Å²) in [6.07, 6.45) is 2.43. The molecule has 0 aromatic carbocycles. The lowest BCUT2D eigenvalue weighted by Gasteiger charge is -2.35. The topological polar surface area (TPSA) is 69.3 Å². The number of hydrogen-bond donors (Lipinski definition) is 1. The normalized spacial score (nSPS) is 18.1. The first kappa shape index (κ1) is 17.4. The summed E-state index contributed by atoms with van der Waals surface area (Å²) in [5.74, 6) is -0.208. The lowest BCUT2D eigenvalue weighted by Crippen LogP contribution is -2.48. The molecule has 1 aromatic rings. The van der Waals surface area contributed by atoms with Crippen LogP contribution in [-0.2, 0) is 0 Å². The lowest BCUT2D eigenvalue weighted by molar-refractivity contribution is 0.140. The van der Waals surface area contributed by atoms with Crippen molar-refractivity contribution in [2.75, 3.05) is 18.5 Å². The van der Waals surface area contributed by atoms with E-state index in [0.29, 0.717) is 12.5 Å². The Hall–Kier alpha value is -2.47. The summed E-state index contributed by atoms with van der Waals surface area (Å²) in [4.78, 5) is 33.6. The second-order valence-electron chi connectivity index (χ2n) is 6.41. The molecule has 0 bridgehead atoms. The summed E-state index contributed by atoms with van der Waals surface area (Å²) >= 11 is 0. The van der Waals surface area contributed by atoms with E-state index in [4.69, 9.17) is 0 Å². The van der Waals surface area contributed by atoms with Gasteiger partial charge in [-0.1, -0.05) is 32.3 Å². The van der Waals surface area contributed by atoms with Crippen molar-refractivity contribution in [3.05, 3.63) is 34.2 Å². The van der Waals surface area contributed by atoms with Gasteiger partial charge in [0.1, 0.15) is 17.1 Å². The van der Waals surface area contributed by atoms with Crippen LogP contribution in [0.5, 0.6) is 0 Å². The fraction of sp³-hybridized carbons (Fsp3) is 0.529. The minimum atomic E-state index is -2.92. The van der Waals surface area contributed by atoms with E-state index in [1.807, 2.05) is 0 Å². The molecule has 0 radical (unpaired) electrons. The fourth-order valence-electron chi connectivity index (χ4n) is 3.55. The number of aromatic nitrogens is 2. The van der Waals surface area contributed by atoms with Gasteiger partial charge in [-0.3, -0.25) is 14.6 Å². The largest absolute Gasteiger partial charge is 0.329 e. The number of anilines is 1. The van der Waals surface area contributed by atoms with Crippen LogP contribution < -0.4 is 10.5 Å². The Balaban J connectivity index is 2.04. The highest BCUT2D eigenvalue weighted by Crippen LogP contribution is 2.33. The van der Waals surface area contributed by atoms with E-state index in [9.17, 15) is 18.4 Å². The van der Waals surface area contributed by atoms with E-state index in [1.165, 1.54) is 29.7 Å². The molecule has 1 saturated carbocycles. The summed E-state index contributed by atoms with van der Waals surface area (Å²) < 4.78 is 26.0. The van der Waals surface area contributed by atoms with Crippen LogP contribution in [0.4, 0.5) is 19.3 Å². The average Bonchev–Trinajstić information content (AvgIpc) is 3.09. The molecule has 2 aliphatic rings. The first-order valence-electron chi connectivity index (χ1n) is 8.32. The van der Waals surface area contributed by atoms with E-state index in [0.717, 1.165) is 19.3 Å². The van der Waals surface area contributed by atoms with Gasteiger partial charge in [-0.25, -0.2) is 18.6 Å². The minimum absolute atomic E-state index is 0.00310. The number of hydrogen-bond acceptors (Lipinski definition) is 3. The Labute approximate surface area is 143 Å². The first-order chi connectivity index (χ1) is 11.9. The maximum atomic E-state index is 13.0. The third kappa shape index (κ3) is 3.09. The number of halogens is 2. The summed E-state index contributed by atoms with van der Waals surface area (Å²) in [6, 6.07) is -0.409. The van der Waals surface area contributed by atoms with Crippen molar-refractivity contribution in [1.82, 2.24) is 14.9 Å². The summed E-state index contributed by atoms with van der Waals surface area (Å²) in [7, 11) is 1.49. The number of carbonyl (C=O) groups is 1. The van der Waals surface area contributed by atoms with Crippen molar-refractivity contribution < 1.29 is 13.6 Å². The molecule has 1 fully saturated rings. The number of amides is 2. The molecule has 6 nitrogen and oxygen atoms in total. The van der Waals surface area contributed by atoms with Gasteiger partial charge >= 0.3 is 6.03 Å². The third-order valence-electron chi connectivity index (χ3n) is 4.87. The molecule has 0 spiro atoms. The Kier molecular flexibility index (Phi) is 4.72. The summed E-state index contributed by atoms with van der Waals surface area (Å²) in [5, 5.41) is 0. The summed E-state index contributed by atoms with van der Waals surface area (Å²) in [6.45, 7) is 3.84. The minimum Gasteiger partial charge on any atom is -0.304 e. The Bertz CT molecular complexity index is 792. The molecular weight excluding hydrogens is 330 g/mol. The van der Waals surface area contributed by atoms with Crippen LogP contribution in [-0.4, -0.2) is 34.5 Å². The van der Waals surface area contributed by atoms with Crippen LogP contribution in [0.3, 0.4) is 0 Å². The van der Waals surface area contributed by atoms with Gasteiger partial charge in [0.15, 0.2) is 5.82 Å². The van der Waals surface area contributed by atoms with Crippen molar-refractivity contribution in [2.45, 2.75) is 38.5 Å². The maximum Gasteiger partial charge on any atom is 0.329 e. The van der Waals surface area contributed by atoms with Crippen LogP contribution in [0.15, 0.2) is 17.1 Å². The molecule has 25 heavy (non-hydrogen) atoms. The number of rotatable bonds is 4. The summed E-state index contributed by atoms with van der Waals surface area (Å²) in [5.41, 5.74) is 1.93. The van der Waals surface area contributed by atoms with Gasteiger partial charge in [0.2, 0.25) is 0 Å². The molecule has 1 aliphatic heterocycles. The van der Waals surface area contributed by atoms with E-state index in [1.54, 1.807) is 0 Å². The Morgan fingerprint density at radius 1 is 1.36 bits per heavy atom. The number of nitrogens with one attached hydrogen (secondary N) is 1. The smallest absolute Gasteiger partial charge is 0.304 e. The van der Waals surface area contributed by atoms with Gasteiger partial charge in [-0.15, -0.1) is 5.73 Å². The zero-order chi connectivity index (χ0) is 18.1. The van der Waals surface area contributed by atoms with Gasteiger partial charge in [0.25, 0.3) is 12.0 Å². The molecule has 1 N–H and O–H groups in total. The monoisotopic (exact) mass is 350 g/mol. The van der Waals surface area contributed by atoms with Gasteiger partial charge in [-0.05, 0) is 12.3 Å². The number of H-pyrrole nitrogens is 1. The standard InChI is InChI=1S/C17H20F2N4O2/c1-3-11-12-13(16(24)21-15(20-12)14(18)19)23(17(25)22(11)2)9-8-10-6-4-5-7-10/h10,14H,1,4-9H2,2H3,(H,20,21,24). The molecule has 134 valence electrons. The van der Waals surface area contributed by atoms with Crippen molar-refractivity contribution in [2.24, 2.45) is 5.92 Å². The van der Waals surface area contributed by atoms with Crippen molar-refractivity contribution in [3.8, 4) is 0 Å². The number of aromatic amines is 1. The van der Waals surface area contributed by atoms with Gasteiger partial charge in [0, 0.05) is 13.6 Å². The molecule has 2 amide bonds. The Morgan fingerprint density at radius 2 is 2.04 bits per heavy atom. The molecule has 2 heterocycles. The van der Waals surface area contributed by atoms with Crippen LogP contribution in [0.25, 0.3) is 5.70 Å². The number of alkyl halides is 2. The predicted molar refractivity (Wildman–Crippen MR) is 89.4 cm³/mol. The molecule has 1 aromatic heterocycles. The molecule has 3 rings (SSSR count). The maximum absolute atomic E-state index is 13.0. The van der Waals surface area contributed by atoms with E-state index < -0.39 is 23.8 Å². The van der Waals surface area contributed by atoms with Crippen molar-refractivity contribution >= 4 is 17.4 Å². The third-order valence-corrected chi connectivity index (χ3v) is 4.87. The first-order valence-corrected chi connectivity index (χ1v) is 8.32. The van der Waals surface area contributed by atoms with Gasteiger partial charge in [-0.2, -0.15) is 0 Å². The number of urea groups is 1.